The summed E-state index contributed by atoms with van der Waals surface area (Å²) >= 11 is 0. The number of aliphatic hydroxyl groups is 1. The lowest BCUT2D eigenvalue weighted by Gasteiger charge is -2.22. The smallest absolute Gasteiger partial charge is 0.319 e. The summed E-state index contributed by atoms with van der Waals surface area (Å²) in [6, 6.07) is 1.01. The highest BCUT2D eigenvalue weighted by atomic mass is 19.1. The van der Waals surface area contributed by atoms with Gasteiger partial charge in [-0.1, -0.05) is 12.8 Å². The third-order valence-corrected chi connectivity index (χ3v) is 3.60. The standard InChI is InChI=1S/C14H18F2N2O3/c1-21-12-7-9(15)11(6-10(12)16)18-13(19)17-8-14(20)4-2-3-5-14/h6-7,20H,2-5,8H2,1H3,(H2,17,18,19). The first-order valence-corrected chi connectivity index (χ1v) is 6.74. The summed E-state index contributed by atoms with van der Waals surface area (Å²) in [6.45, 7) is 0.0824. The molecule has 0 unspecified atom stereocenters. The molecule has 0 heterocycles. The Labute approximate surface area is 121 Å². The first-order chi connectivity index (χ1) is 9.93. The van der Waals surface area contributed by atoms with E-state index in [0.29, 0.717) is 12.8 Å². The summed E-state index contributed by atoms with van der Waals surface area (Å²) in [5.74, 6) is -1.81. The fourth-order valence-electron chi connectivity index (χ4n) is 2.40. The van der Waals surface area contributed by atoms with Crippen molar-refractivity contribution in [1.82, 2.24) is 5.32 Å². The van der Waals surface area contributed by atoms with Crippen LogP contribution in [-0.2, 0) is 0 Å². The molecule has 0 spiro atoms. The molecule has 1 aromatic carbocycles. The quantitative estimate of drug-likeness (QED) is 0.799. The average molecular weight is 300 g/mol. The van der Waals surface area contributed by atoms with Crippen molar-refractivity contribution < 1.29 is 23.4 Å². The van der Waals surface area contributed by atoms with Crippen LogP contribution in [0, 0.1) is 11.6 Å². The van der Waals surface area contributed by atoms with E-state index in [1.54, 1.807) is 0 Å². The summed E-state index contributed by atoms with van der Waals surface area (Å²) in [5, 5.41) is 14.8. The van der Waals surface area contributed by atoms with Crippen LogP contribution in [0.25, 0.3) is 0 Å². The number of carbonyl (C=O) groups excluding carboxylic acids is 1. The van der Waals surface area contributed by atoms with Crippen molar-refractivity contribution in [3.63, 3.8) is 0 Å². The van der Waals surface area contributed by atoms with Crippen LogP contribution in [0.15, 0.2) is 12.1 Å². The lowest BCUT2D eigenvalue weighted by molar-refractivity contribution is 0.0506. The molecule has 3 N–H and O–H groups in total. The van der Waals surface area contributed by atoms with Crippen molar-refractivity contribution in [3.8, 4) is 5.75 Å². The monoisotopic (exact) mass is 300 g/mol. The van der Waals surface area contributed by atoms with Crippen LogP contribution in [0.2, 0.25) is 0 Å². The lowest BCUT2D eigenvalue weighted by atomic mass is 10.0. The number of anilines is 1. The molecule has 1 aliphatic carbocycles. The number of urea groups is 1. The maximum Gasteiger partial charge on any atom is 0.319 e. The van der Waals surface area contributed by atoms with Crippen LogP contribution in [0.1, 0.15) is 25.7 Å². The Morgan fingerprint density at radius 3 is 2.62 bits per heavy atom. The van der Waals surface area contributed by atoms with E-state index in [2.05, 4.69) is 15.4 Å². The highest BCUT2D eigenvalue weighted by Crippen LogP contribution is 2.28. The second-order valence-corrected chi connectivity index (χ2v) is 5.21. The molecule has 1 fully saturated rings. The minimum atomic E-state index is -0.902. The number of hydrogen-bond acceptors (Lipinski definition) is 3. The Balaban J connectivity index is 1.95. The lowest BCUT2D eigenvalue weighted by Crippen LogP contribution is -2.42. The second-order valence-electron chi connectivity index (χ2n) is 5.21. The zero-order chi connectivity index (χ0) is 15.5. The number of nitrogens with one attached hydrogen (secondary N) is 2. The highest BCUT2D eigenvalue weighted by molar-refractivity contribution is 5.89. The normalized spacial score (nSPS) is 16.6. The van der Waals surface area contributed by atoms with Gasteiger partial charge in [-0.2, -0.15) is 0 Å². The number of benzene rings is 1. The number of rotatable bonds is 4. The first-order valence-electron chi connectivity index (χ1n) is 6.74. The molecule has 0 bridgehead atoms. The Morgan fingerprint density at radius 1 is 1.33 bits per heavy atom. The molecule has 2 amide bonds. The van der Waals surface area contributed by atoms with E-state index in [9.17, 15) is 18.7 Å². The van der Waals surface area contributed by atoms with E-state index in [4.69, 9.17) is 0 Å². The number of amides is 2. The predicted molar refractivity (Wildman–Crippen MR) is 73.3 cm³/mol. The van der Waals surface area contributed by atoms with Gasteiger partial charge in [-0.15, -0.1) is 0 Å². The fraction of sp³-hybridized carbons (Fsp3) is 0.500. The SMILES string of the molecule is COc1cc(F)c(NC(=O)NCC2(O)CCCC2)cc1F. The minimum absolute atomic E-state index is 0.0824. The van der Waals surface area contributed by atoms with Crippen LogP contribution in [0.3, 0.4) is 0 Å². The van der Waals surface area contributed by atoms with Gasteiger partial charge in [0.05, 0.1) is 18.4 Å². The first kappa shape index (κ1) is 15.5. The summed E-state index contributed by atoms with van der Waals surface area (Å²) in [6.07, 6.45) is 3.08. The van der Waals surface area contributed by atoms with Crippen molar-refractivity contribution in [2.24, 2.45) is 0 Å². The fourth-order valence-corrected chi connectivity index (χ4v) is 2.40. The van der Waals surface area contributed by atoms with Crippen molar-refractivity contribution >= 4 is 11.7 Å². The van der Waals surface area contributed by atoms with Gasteiger partial charge in [0.15, 0.2) is 17.4 Å². The van der Waals surface area contributed by atoms with Crippen molar-refractivity contribution in [2.75, 3.05) is 19.0 Å². The summed E-state index contributed by atoms with van der Waals surface area (Å²) in [4.78, 5) is 11.7. The van der Waals surface area contributed by atoms with E-state index >= 15 is 0 Å². The molecule has 116 valence electrons. The third kappa shape index (κ3) is 3.81. The van der Waals surface area contributed by atoms with Gasteiger partial charge in [-0.25, -0.2) is 13.6 Å². The average Bonchev–Trinajstić information content (AvgIpc) is 2.88. The third-order valence-electron chi connectivity index (χ3n) is 3.60. The second kappa shape index (κ2) is 6.26. The topological polar surface area (TPSA) is 70.6 Å². The van der Waals surface area contributed by atoms with Gasteiger partial charge in [0.25, 0.3) is 0 Å². The van der Waals surface area contributed by atoms with E-state index in [1.165, 1.54) is 7.11 Å². The van der Waals surface area contributed by atoms with Gasteiger partial charge in [-0.05, 0) is 12.8 Å². The maximum atomic E-state index is 13.7. The van der Waals surface area contributed by atoms with Crippen LogP contribution in [0.5, 0.6) is 5.75 Å². The molecule has 1 saturated carbocycles. The van der Waals surface area contributed by atoms with Gasteiger partial charge < -0.3 is 20.5 Å². The van der Waals surface area contributed by atoms with Crippen molar-refractivity contribution in [2.45, 2.75) is 31.3 Å². The Morgan fingerprint density at radius 2 is 2.00 bits per heavy atom. The van der Waals surface area contributed by atoms with E-state index < -0.39 is 23.3 Å². The summed E-state index contributed by atoms with van der Waals surface area (Å²) in [5.41, 5.74) is -1.19. The van der Waals surface area contributed by atoms with Gasteiger partial charge >= 0.3 is 6.03 Å². The molecule has 0 saturated heterocycles. The molecule has 0 atom stereocenters. The van der Waals surface area contributed by atoms with Gasteiger partial charge in [-0.3, -0.25) is 0 Å². The Bertz CT molecular complexity index is 531. The van der Waals surface area contributed by atoms with Crippen molar-refractivity contribution in [3.05, 3.63) is 23.8 Å². The molecule has 7 heteroatoms. The molecule has 0 radical (unpaired) electrons. The van der Waals surface area contributed by atoms with E-state index in [-0.39, 0.29) is 18.0 Å². The Kier molecular flexibility index (Phi) is 4.62. The van der Waals surface area contributed by atoms with Crippen LogP contribution >= 0.6 is 0 Å². The largest absolute Gasteiger partial charge is 0.494 e. The maximum absolute atomic E-state index is 13.7. The van der Waals surface area contributed by atoms with Crippen LogP contribution in [0.4, 0.5) is 19.3 Å². The molecular weight excluding hydrogens is 282 g/mol. The summed E-state index contributed by atoms with van der Waals surface area (Å²) in [7, 11) is 1.22. The number of ether oxygens (including phenoxy) is 1. The zero-order valence-electron chi connectivity index (χ0n) is 11.7. The minimum Gasteiger partial charge on any atom is -0.494 e. The molecule has 2 rings (SSSR count). The van der Waals surface area contributed by atoms with Crippen molar-refractivity contribution in [1.29, 1.82) is 0 Å². The van der Waals surface area contributed by atoms with Gasteiger partial charge in [0.1, 0.15) is 0 Å². The van der Waals surface area contributed by atoms with E-state index in [1.807, 2.05) is 0 Å². The molecule has 0 aliphatic heterocycles. The Hall–Kier alpha value is -1.89. The number of carbonyl (C=O) groups is 1. The predicted octanol–water partition coefficient (Wildman–Crippen LogP) is 2.40. The molecule has 21 heavy (non-hydrogen) atoms. The number of methoxy groups -OCH3 is 1. The molecule has 5 nitrogen and oxygen atoms in total. The molecule has 1 aliphatic rings. The molecule has 0 aromatic heterocycles. The highest BCUT2D eigenvalue weighted by Gasteiger charge is 2.31. The van der Waals surface area contributed by atoms with E-state index in [0.717, 1.165) is 25.0 Å². The zero-order valence-corrected chi connectivity index (χ0v) is 11.7. The number of halogens is 2. The summed E-state index contributed by atoms with van der Waals surface area (Å²) < 4.78 is 31.8. The number of hydrogen-bond donors (Lipinski definition) is 3. The van der Waals surface area contributed by atoms with Crippen LogP contribution in [-0.4, -0.2) is 30.4 Å². The molecule has 1 aromatic rings. The van der Waals surface area contributed by atoms with Crippen LogP contribution < -0.4 is 15.4 Å². The molecular formula is C14H18F2N2O3. The van der Waals surface area contributed by atoms with Gasteiger partial charge in [0.2, 0.25) is 0 Å². The van der Waals surface area contributed by atoms with Gasteiger partial charge in [0, 0.05) is 18.7 Å².